The van der Waals surface area contributed by atoms with Crippen LogP contribution in [0.1, 0.15) is 47.3 Å². The summed E-state index contributed by atoms with van der Waals surface area (Å²) in [6.07, 6.45) is 7.68. The van der Waals surface area contributed by atoms with Gasteiger partial charge >= 0.3 is 6.09 Å². The highest BCUT2D eigenvalue weighted by Gasteiger charge is 2.26. The molecule has 1 fully saturated rings. The van der Waals surface area contributed by atoms with Crippen molar-refractivity contribution < 1.29 is 27.8 Å². The minimum Gasteiger partial charge on any atom is -0.497 e. The fourth-order valence-corrected chi connectivity index (χ4v) is 6.85. The molecule has 4 heterocycles. The van der Waals surface area contributed by atoms with Crippen molar-refractivity contribution in [3.05, 3.63) is 95.7 Å². The predicted molar refractivity (Wildman–Crippen MR) is 189 cm³/mol. The number of carbonyl (C=O) groups is 2. The first kappa shape index (κ1) is 34.3. The summed E-state index contributed by atoms with van der Waals surface area (Å²) in [5, 5.41) is 9.43. The largest absolute Gasteiger partial charge is 0.497 e. The summed E-state index contributed by atoms with van der Waals surface area (Å²) in [4.78, 5) is 42.4. The van der Waals surface area contributed by atoms with E-state index in [1.54, 1.807) is 41.5 Å². The maximum atomic E-state index is 14.9. The van der Waals surface area contributed by atoms with Crippen molar-refractivity contribution in [1.29, 1.82) is 0 Å². The van der Waals surface area contributed by atoms with Crippen LogP contribution >= 0.6 is 30.3 Å². The molecule has 2 unspecified atom stereocenters. The molecule has 0 spiro atoms. The number of ether oxygens (including phenoxy) is 2. The monoisotopic (exact) mass is 800 g/mol. The molecule has 12 nitrogen and oxygen atoms in total. The number of hydrogen-bond donors (Lipinski definition) is 3. The molecule has 1 saturated carbocycles. The van der Waals surface area contributed by atoms with Gasteiger partial charge in [-0.15, -0.1) is 0 Å². The molecule has 254 valence electrons. The Hall–Kier alpha value is -4.58. The summed E-state index contributed by atoms with van der Waals surface area (Å²) in [5.41, 5.74) is 2.76. The van der Waals surface area contributed by atoms with Crippen LogP contribution in [-0.4, -0.2) is 55.1 Å². The van der Waals surface area contributed by atoms with Gasteiger partial charge in [-0.05, 0) is 67.1 Å². The molecule has 5 aromatic rings. The van der Waals surface area contributed by atoms with Gasteiger partial charge in [-0.1, -0.05) is 12.1 Å². The van der Waals surface area contributed by atoms with E-state index in [0.717, 1.165) is 43.0 Å². The first-order valence-corrected chi connectivity index (χ1v) is 18.7. The van der Waals surface area contributed by atoms with Crippen molar-refractivity contribution in [3.8, 4) is 17.1 Å². The number of amides is 2. The number of carbonyl (C=O) groups excluding carboxylic acids is 2. The van der Waals surface area contributed by atoms with Crippen molar-refractivity contribution in [3.63, 3.8) is 0 Å². The van der Waals surface area contributed by atoms with Crippen LogP contribution in [0.2, 0.25) is 0 Å². The van der Waals surface area contributed by atoms with E-state index in [2.05, 4.69) is 57.1 Å². The molecule has 6 rings (SSSR count). The van der Waals surface area contributed by atoms with Gasteiger partial charge < -0.3 is 25.4 Å². The maximum Gasteiger partial charge on any atom is 0.407 e. The number of hydrogen-bond acceptors (Lipinski definition) is 10. The number of anilines is 1. The van der Waals surface area contributed by atoms with Crippen LogP contribution in [0.5, 0.6) is 5.75 Å². The van der Waals surface area contributed by atoms with E-state index in [9.17, 15) is 18.4 Å². The minimum atomic E-state index is -0.621. The highest BCUT2D eigenvalue weighted by atomic mass is 127. The summed E-state index contributed by atoms with van der Waals surface area (Å²) < 4.78 is 41.2. The quantitative estimate of drug-likeness (QED) is 0.125. The maximum absolute atomic E-state index is 14.9. The van der Waals surface area contributed by atoms with Gasteiger partial charge in [-0.3, -0.25) is 13.8 Å². The highest BCUT2D eigenvalue weighted by molar-refractivity contribution is 14.2. The molecular weight excluding hydrogens is 769 g/mol. The molecule has 1 aromatic carbocycles. The number of nitrogens with zero attached hydrogens (tertiary/aromatic N) is 5. The lowest BCUT2D eigenvalue weighted by atomic mass is 9.91. The lowest BCUT2D eigenvalue weighted by Crippen LogP contribution is -2.42. The summed E-state index contributed by atoms with van der Waals surface area (Å²) >= 11 is 2.09. The van der Waals surface area contributed by atoms with Gasteiger partial charge in [0.05, 0.1) is 19.5 Å². The molecule has 2 atom stereocenters. The molecule has 0 radical (unpaired) electrons. The minimum absolute atomic E-state index is 0.0248. The smallest absolute Gasteiger partial charge is 0.407 e. The lowest BCUT2D eigenvalue weighted by molar-refractivity contribution is 0.0921. The SMILES string of the molecule is COc1ccc(CNC(=O)OCc2ccnc(C(=O)NC3CCCC(Nc4nc(-c5cn(SI)c6ncc(F)cc56)ncc4F)C3)c2)cc1. The van der Waals surface area contributed by atoms with E-state index in [4.69, 9.17) is 9.47 Å². The van der Waals surface area contributed by atoms with E-state index in [1.165, 1.54) is 21.4 Å². The van der Waals surface area contributed by atoms with Crippen LogP contribution in [0.3, 0.4) is 0 Å². The number of aromatic nitrogens is 5. The molecule has 16 heteroatoms. The van der Waals surface area contributed by atoms with E-state index in [1.807, 2.05) is 12.1 Å². The molecule has 0 saturated heterocycles. The fourth-order valence-electron chi connectivity index (χ4n) is 5.59. The second-order valence-corrected chi connectivity index (χ2v) is 13.1. The summed E-state index contributed by atoms with van der Waals surface area (Å²) in [6, 6.07) is 11.5. The number of rotatable bonds is 11. The Morgan fingerprint density at radius 2 is 1.86 bits per heavy atom. The van der Waals surface area contributed by atoms with Crippen LogP contribution in [-0.2, 0) is 17.9 Å². The first-order valence-electron chi connectivity index (χ1n) is 15.3. The molecule has 0 aliphatic heterocycles. The third-order valence-electron chi connectivity index (χ3n) is 8.01. The normalized spacial score (nSPS) is 15.8. The zero-order chi connectivity index (χ0) is 34.3. The Morgan fingerprint density at radius 1 is 1.04 bits per heavy atom. The summed E-state index contributed by atoms with van der Waals surface area (Å²) in [6.45, 7) is 0.249. The van der Waals surface area contributed by atoms with Crippen molar-refractivity contribution in [2.24, 2.45) is 0 Å². The number of benzene rings is 1. The number of nitrogens with one attached hydrogen (secondary N) is 3. The molecule has 0 bridgehead atoms. The number of fused-ring (bicyclic) bond motifs is 1. The Kier molecular flexibility index (Phi) is 11.0. The summed E-state index contributed by atoms with van der Waals surface area (Å²) in [5.74, 6) is -0.504. The number of alkyl carbamates (subject to hydrolysis) is 1. The van der Waals surface area contributed by atoms with E-state index < -0.39 is 17.7 Å². The third kappa shape index (κ3) is 8.54. The fraction of sp³-hybridized carbons (Fsp3) is 0.273. The number of halogens is 3. The zero-order valence-corrected chi connectivity index (χ0v) is 29.1. The van der Waals surface area contributed by atoms with E-state index >= 15 is 0 Å². The number of pyridine rings is 2. The van der Waals surface area contributed by atoms with Crippen LogP contribution < -0.4 is 20.7 Å². The molecule has 2 amide bonds. The van der Waals surface area contributed by atoms with Gasteiger partial charge in [0.15, 0.2) is 23.1 Å². The first-order chi connectivity index (χ1) is 23.8. The topological polar surface area (TPSA) is 145 Å². The van der Waals surface area contributed by atoms with Crippen LogP contribution in [0.25, 0.3) is 22.4 Å². The van der Waals surface area contributed by atoms with Gasteiger partial charge in [0.2, 0.25) is 0 Å². The Bertz CT molecular complexity index is 1970. The molecule has 1 aliphatic carbocycles. The Labute approximate surface area is 296 Å². The van der Waals surface area contributed by atoms with Gasteiger partial charge in [-0.25, -0.2) is 28.5 Å². The van der Waals surface area contributed by atoms with E-state index in [0.29, 0.717) is 28.6 Å². The van der Waals surface area contributed by atoms with Crippen LogP contribution in [0.15, 0.2) is 67.3 Å². The molecule has 49 heavy (non-hydrogen) atoms. The Balaban J connectivity index is 1.04. The van der Waals surface area contributed by atoms with Crippen LogP contribution in [0.4, 0.5) is 19.4 Å². The van der Waals surface area contributed by atoms with Gasteiger partial charge in [0.25, 0.3) is 5.91 Å². The van der Waals surface area contributed by atoms with Crippen molar-refractivity contribution in [1.82, 2.24) is 34.5 Å². The second kappa shape index (κ2) is 15.8. The molecular formula is C33H31F2IN8O4S. The van der Waals surface area contributed by atoms with Crippen LogP contribution in [0, 0.1) is 11.6 Å². The zero-order valence-electron chi connectivity index (χ0n) is 26.2. The second-order valence-electron chi connectivity index (χ2n) is 11.4. The average molecular weight is 801 g/mol. The van der Waals surface area contributed by atoms with Crippen molar-refractivity contribution >= 4 is 59.2 Å². The third-order valence-corrected chi connectivity index (χ3v) is 9.71. The number of methoxy groups -OCH3 is 1. The highest BCUT2D eigenvalue weighted by Crippen LogP contribution is 2.33. The van der Waals surface area contributed by atoms with Gasteiger partial charge in [0.1, 0.15) is 23.9 Å². The predicted octanol–water partition coefficient (Wildman–Crippen LogP) is 6.60. The van der Waals surface area contributed by atoms with E-state index in [-0.39, 0.29) is 48.5 Å². The average Bonchev–Trinajstić information content (AvgIpc) is 3.49. The van der Waals surface area contributed by atoms with Crippen molar-refractivity contribution in [2.75, 3.05) is 12.4 Å². The summed E-state index contributed by atoms with van der Waals surface area (Å²) in [7, 11) is 2.94. The van der Waals surface area contributed by atoms with Gasteiger partial charge in [-0.2, -0.15) is 0 Å². The molecule has 3 N–H and O–H groups in total. The molecule has 4 aromatic heterocycles. The van der Waals surface area contributed by atoms with Gasteiger partial charge in [0, 0.05) is 72.3 Å². The standard InChI is InChI=1S/C33H31F2IN8O4S/c1-47-24-7-5-19(6-8-24)14-40-33(46)48-18-20-9-10-37-28(11-20)32(45)42-23-4-2-3-22(13-23)41-30-27(35)16-38-29(43-30)26-17-44(49-36)31-25(26)12-21(34)15-39-31/h5-12,15-17,22-23H,2-4,13-14,18H2,1H3,(H,40,46)(H,42,45)(H,38,41,43). The Morgan fingerprint density at radius 3 is 2.65 bits per heavy atom. The molecule has 1 aliphatic rings. The lowest BCUT2D eigenvalue weighted by Gasteiger charge is -2.30. The van der Waals surface area contributed by atoms with Crippen molar-refractivity contribution in [2.45, 2.75) is 50.9 Å².